The standard InChI is InChI=1S/C44H32N4/c1-45-38-23-10-7-20-35(38)43(28-14-3-2-4-15-28)46-48-40-25-12-9-19-32(40)37-26-41-36(27-42(37)48)30-17-6-5-16-29(30)33-21-13-22-34-31-18-8-11-24-39(31)47(41)44(33)34/h2-27,43,45-46H,1H3. The third-order valence-electron chi connectivity index (χ3n) is 10.2. The van der Waals surface area contributed by atoms with Crippen molar-refractivity contribution < 1.29 is 0 Å². The Kier molecular flexibility index (Phi) is 5.82. The van der Waals surface area contributed by atoms with Crippen LogP contribution < -0.4 is 10.7 Å². The van der Waals surface area contributed by atoms with Crippen molar-refractivity contribution in [2.75, 3.05) is 17.8 Å². The fourth-order valence-corrected chi connectivity index (χ4v) is 8.06. The topological polar surface area (TPSA) is 33.9 Å². The first kappa shape index (κ1) is 26.9. The fourth-order valence-electron chi connectivity index (χ4n) is 8.06. The first-order chi connectivity index (χ1) is 23.8. The smallest absolute Gasteiger partial charge is 0.0944 e. The van der Waals surface area contributed by atoms with E-state index >= 15 is 0 Å². The molecule has 1 aliphatic heterocycles. The molecule has 0 fully saturated rings. The summed E-state index contributed by atoms with van der Waals surface area (Å²) in [6.07, 6.45) is 0. The molecule has 9 aromatic rings. The Balaban J connectivity index is 1.31. The zero-order chi connectivity index (χ0) is 31.8. The highest BCUT2D eigenvalue weighted by atomic mass is 15.4. The lowest BCUT2D eigenvalue weighted by atomic mass is 9.93. The largest absolute Gasteiger partial charge is 0.388 e. The summed E-state index contributed by atoms with van der Waals surface area (Å²) in [4.78, 5) is 0. The predicted octanol–water partition coefficient (Wildman–Crippen LogP) is 10.9. The van der Waals surface area contributed by atoms with Gasteiger partial charge in [0.15, 0.2) is 0 Å². The van der Waals surface area contributed by atoms with Gasteiger partial charge in [-0.3, -0.25) is 4.68 Å². The Labute approximate surface area is 278 Å². The second kappa shape index (κ2) is 10.4. The van der Waals surface area contributed by atoms with Crippen LogP contribution in [0.1, 0.15) is 17.2 Å². The van der Waals surface area contributed by atoms with Crippen LogP contribution in [0.4, 0.5) is 5.69 Å². The Morgan fingerprint density at radius 3 is 1.92 bits per heavy atom. The summed E-state index contributed by atoms with van der Waals surface area (Å²) in [5.41, 5.74) is 18.5. The van der Waals surface area contributed by atoms with Crippen molar-refractivity contribution in [2.24, 2.45) is 0 Å². The van der Waals surface area contributed by atoms with Crippen LogP contribution in [0.3, 0.4) is 0 Å². The van der Waals surface area contributed by atoms with E-state index in [4.69, 9.17) is 0 Å². The molecule has 4 heteroatoms. The van der Waals surface area contributed by atoms with Crippen LogP contribution in [-0.4, -0.2) is 16.3 Å². The molecule has 10 rings (SSSR count). The molecule has 0 spiro atoms. The molecule has 0 radical (unpaired) electrons. The van der Waals surface area contributed by atoms with Gasteiger partial charge in [-0.25, -0.2) is 0 Å². The van der Waals surface area contributed by atoms with Crippen molar-refractivity contribution in [3.63, 3.8) is 0 Å². The summed E-state index contributed by atoms with van der Waals surface area (Å²) in [5.74, 6) is 0. The Hall–Kier alpha value is -6.26. The predicted molar refractivity (Wildman–Crippen MR) is 202 cm³/mol. The monoisotopic (exact) mass is 616 g/mol. The summed E-state index contributed by atoms with van der Waals surface area (Å²) in [5, 5.41) is 8.43. The molecule has 2 aromatic heterocycles. The zero-order valence-electron chi connectivity index (χ0n) is 26.5. The van der Waals surface area contributed by atoms with Crippen molar-refractivity contribution in [3.8, 4) is 27.9 Å². The summed E-state index contributed by atoms with van der Waals surface area (Å²) < 4.78 is 4.82. The average Bonchev–Trinajstić information content (AvgIpc) is 3.61. The number of benzene rings is 7. The number of anilines is 1. The van der Waals surface area contributed by atoms with Crippen LogP contribution in [0, 0.1) is 0 Å². The molecule has 4 nitrogen and oxygen atoms in total. The molecule has 228 valence electrons. The molecule has 0 aliphatic carbocycles. The Morgan fingerprint density at radius 1 is 0.479 bits per heavy atom. The second-order valence-corrected chi connectivity index (χ2v) is 12.6. The molecular formula is C44H32N4. The van der Waals surface area contributed by atoms with E-state index in [9.17, 15) is 0 Å². The molecular weight excluding hydrogens is 585 g/mol. The normalized spacial score (nSPS) is 12.6. The summed E-state index contributed by atoms with van der Waals surface area (Å²) in [7, 11) is 1.99. The number of aromatic nitrogens is 2. The second-order valence-electron chi connectivity index (χ2n) is 12.6. The van der Waals surface area contributed by atoms with Crippen molar-refractivity contribution in [1.29, 1.82) is 0 Å². The highest BCUT2D eigenvalue weighted by molar-refractivity contribution is 6.18. The minimum atomic E-state index is -0.0998. The van der Waals surface area contributed by atoms with Crippen molar-refractivity contribution >= 4 is 49.3 Å². The van der Waals surface area contributed by atoms with Crippen molar-refractivity contribution in [1.82, 2.24) is 9.24 Å². The maximum Gasteiger partial charge on any atom is 0.0944 e. The van der Waals surface area contributed by atoms with Gasteiger partial charge < -0.3 is 15.3 Å². The van der Waals surface area contributed by atoms with Crippen LogP contribution in [0.15, 0.2) is 158 Å². The quantitative estimate of drug-likeness (QED) is 0.202. The Morgan fingerprint density at radius 2 is 1.10 bits per heavy atom. The number of rotatable bonds is 5. The van der Waals surface area contributed by atoms with Gasteiger partial charge in [0.25, 0.3) is 0 Å². The van der Waals surface area contributed by atoms with E-state index < -0.39 is 0 Å². The lowest BCUT2D eigenvalue weighted by Crippen LogP contribution is -2.22. The first-order valence-electron chi connectivity index (χ1n) is 16.6. The fraction of sp³-hybridized carbons (Fsp3) is 0.0455. The van der Waals surface area contributed by atoms with Gasteiger partial charge in [0.1, 0.15) is 0 Å². The van der Waals surface area contributed by atoms with Crippen LogP contribution in [-0.2, 0) is 0 Å². The van der Waals surface area contributed by atoms with Crippen LogP contribution >= 0.6 is 0 Å². The molecule has 48 heavy (non-hydrogen) atoms. The van der Waals surface area contributed by atoms with Crippen molar-refractivity contribution in [2.45, 2.75) is 6.04 Å². The summed E-state index contributed by atoms with van der Waals surface area (Å²) >= 11 is 0. The number of nitrogens with zero attached hydrogens (tertiary/aromatic N) is 2. The maximum absolute atomic E-state index is 4.03. The van der Waals surface area contributed by atoms with Gasteiger partial charge in [-0.1, -0.05) is 127 Å². The highest BCUT2D eigenvalue weighted by Crippen LogP contribution is 2.48. The molecule has 0 bridgehead atoms. The average molecular weight is 617 g/mol. The molecule has 3 heterocycles. The third-order valence-corrected chi connectivity index (χ3v) is 10.2. The number of para-hydroxylation sites is 4. The molecule has 0 amide bonds. The van der Waals surface area contributed by atoms with Crippen LogP contribution in [0.5, 0.6) is 0 Å². The van der Waals surface area contributed by atoms with Gasteiger partial charge in [0.2, 0.25) is 0 Å². The van der Waals surface area contributed by atoms with E-state index in [1.165, 1.54) is 71.6 Å². The summed E-state index contributed by atoms with van der Waals surface area (Å²) in [6.45, 7) is 0. The minimum Gasteiger partial charge on any atom is -0.388 e. The highest BCUT2D eigenvalue weighted by Gasteiger charge is 2.27. The molecule has 1 unspecified atom stereocenters. The van der Waals surface area contributed by atoms with Gasteiger partial charge in [-0.05, 0) is 47.0 Å². The minimum absolute atomic E-state index is 0.0998. The Bertz CT molecular complexity index is 2700. The molecule has 7 aromatic carbocycles. The molecule has 1 atom stereocenters. The van der Waals surface area contributed by atoms with Gasteiger partial charge in [-0.2, -0.15) is 0 Å². The van der Waals surface area contributed by atoms with E-state index in [1.54, 1.807) is 0 Å². The number of hydrogen-bond acceptors (Lipinski definition) is 2. The molecule has 1 aliphatic rings. The zero-order valence-corrected chi connectivity index (χ0v) is 26.5. The van der Waals surface area contributed by atoms with Crippen molar-refractivity contribution in [3.05, 3.63) is 169 Å². The molecule has 0 saturated carbocycles. The van der Waals surface area contributed by atoms with E-state index in [0.717, 1.165) is 16.7 Å². The van der Waals surface area contributed by atoms with Gasteiger partial charge in [-0.15, -0.1) is 0 Å². The van der Waals surface area contributed by atoms with Crippen LogP contribution in [0.25, 0.3) is 71.6 Å². The lowest BCUT2D eigenvalue weighted by molar-refractivity contribution is 0.795. The van der Waals surface area contributed by atoms with E-state index in [2.05, 4.69) is 178 Å². The number of nitrogens with one attached hydrogen (secondary N) is 2. The number of hydrogen-bond donors (Lipinski definition) is 2. The van der Waals surface area contributed by atoms with E-state index in [0.29, 0.717) is 0 Å². The van der Waals surface area contributed by atoms with Crippen LogP contribution in [0.2, 0.25) is 0 Å². The van der Waals surface area contributed by atoms with E-state index in [1.807, 2.05) is 7.05 Å². The maximum atomic E-state index is 4.03. The number of fused-ring (bicyclic) bond motifs is 11. The third kappa shape index (κ3) is 3.77. The van der Waals surface area contributed by atoms with Gasteiger partial charge >= 0.3 is 0 Å². The van der Waals surface area contributed by atoms with Gasteiger partial charge in [0.05, 0.1) is 33.8 Å². The molecule has 2 N–H and O–H groups in total. The van der Waals surface area contributed by atoms with Gasteiger partial charge in [0, 0.05) is 51.0 Å². The lowest BCUT2D eigenvalue weighted by Gasteiger charge is -2.25. The SMILES string of the molecule is CNc1ccccc1C(Nn1c2ccccc2c2cc3c(cc21)-c1ccccc1-c1cccc2c4ccccc4n-3c12)c1ccccc1. The van der Waals surface area contributed by atoms with E-state index in [-0.39, 0.29) is 6.04 Å². The summed E-state index contributed by atoms with van der Waals surface area (Å²) in [6, 6.07) is 57.3. The first-order valence-corrected chi connectivity index (χ1v) is 16.6. The molecule has 0 saturated heterocycles.